The first-order valence-electron chi connectivity index (χ1n) is 7.11. The second-order valence-electron chi connectivity index (χ2n) is 4.91. The van der Waals surface area contributed by atoms with Gasteiger partial charge in [0.15, 0.2) is 23.9 Å². The molecule has 0 aromatic heterocycles. The third-order valence-electron chi connectivity index (χ3n) is 3.18. The number of ether oxygens (including phenoxy) is 2. The van der Waals surface area contributed by atoms with Crippen LogP contribution in [-0.4, -0.2) is 30.6 Å². The Hall–Kier alpha value is -3.22. The first-order chi connectivity index (χ1) is 11.9. The van der Waals surface area contributed by atoms with Crippen molar-refractivity contribution in [3.05, 3.63) is 65.2 Å². The summed E-state index contributed by atoms with van der Waals surface area (Å²) in [7, 11) is 1.35. The quantitative estimate of drug-likeness (QED) is 0.614. The lowest BCUT2D eigenvalue weighted by Gasteiger charge is -2.09. The number of hydrogen-bond acceptors (Lipinski definition) is 4. The van der Waals surface area contributed by atoms with Crippen molar-refractivity contribution in [3.8, 4) is 11.5 Å². The summed E-state index contributed by atoms with van der Waals surface area (Å²) in [6, 6.07) is 7.24. The molecule has 0 atom stereocenters. The maximum absolute atomic E-state index is 13.5. The molecule has 0 aliphatic heterocycles. The van der Waals surface area contributed by atoms with E-state index in [-0.39, 0.29) is 22.6 Å². The van der Waals surface area contributed by atoms with Crippen molar-refractivity contribution in [2.75, 3.05) is 13.7 Å². The van der Waals surface area contributed by atoms with Crippen molar-refractivity contribution in [3.63, 3.8) is 0 Å². The van der Waals surface area contributed by atoms with Crippen LogP contribution in [0, 0.1) is 11.6 Å². The smallest absolute Gasteiger partial charge is 0.341 e. The van der Waals surface area contributed by atoms with E-state index in [9.17, 15) is 18.4 Å². The van der Waals surface area contributed by atoms with Gasteiger partial charge in [0.05, 0.1) is 7.11 Å². The Bertz CT molecular complexity index is 830. The van der Waals surface area contributed by atoms with Crippen LogP contribution < -0.4 is 9.47 Å². The fraction of sp³-hybridized carbons (Fsp3) is 0.111. The van der Waals surface area contributed by atoms with E-state index in [2.05, 4.69) is 0 Å². The molecule has 0 bridgehead atoms. The Morgan fingerprint density at radius 3 is 2.52 bits per heavy atom. The summed E-state index contributed by atoms with van der Waals surface area (Å²) >= 11 is 0. The molecule has 2 rings (SSSR count). The van der Waals surface area contributed by atoms with E-state index >= 15 is 0 Å². The van der Waals surface area contributed by atoms with Crippen LogP contribution in [0.25, 0.3) is 6.08 Å². The van der Waals surface area contributed by atoms with Crippen LogP contribution in [0.3, 0.4) is 0 Å². The Morgan fingerprint density at radius 2 is 1.88 bits per heavy atom. The summed E-state index contributed by atoms with van der Waals surface area (Å²) in [5, 5.41) is 8.62. The number of rotatable bonds is 7. The van der Waals surface area contributed by atoms with Gasteiger partial charge in [0.1, 0.15) is 11.6 Å². The van der Waals surface area contributed by atoms with E-state index in [0.717, 1.165) is 18.2 Å². The Morgan fingerprint density at radius 1 is 1.12 bits per heavy atom. The first-order valence-corrected chi connectivity index (χ1v) is 7.11. The maximum atomic E-state index is 13.5. The van der Waals surface area contributed by atoms with E-state index in [1.807, 2.05) is 0 Å². The number of hydrogen-bond donors (Lipinski definition) is 1. The lowest BCUT2D eigenvalue weighted by Crippen LogP contribution is -2.10. The number of benzene rings is 2. The fourth-order valence-corrected chi connectivity index (χ4v) is 1.98. The van der Waals surface area contributed by atoms with Gasteiger partial charge in [-0.15, -0.1) is 0 Å². The summed E-state index contributed by atoms with van der Waals surface area (Å²) in [5.74, 6) is -2.71. The van der Waals surface area contributed by atoms with Gasteiger partial charge in [-0.1, -0.05) is 0 Å². The van der Waals surface area contributed by atoms with Gasteiger partial charge >= 0.3 is 5.97 Å². The second kappa shape index (κ2) is 8.05. The number of carbonyl (C=O) groups is 2. The molecule has 5 nitrogen and oxygen atoms in total. The molecular formula is C18H14F2O5. The molecule has 7 heteroatoms. The number of carbonyl (C=O) groups excluding carboxylic acids is 1. The fourth-order valence-electron chi connectivity index (χ4n) is 1.98. The van der Waals surface area contributed by atoms with Gasteiger partial charge in [-0.3, -0.25) is 4.79 Å². The number of methoxy groups -OCH3 is 1. The van der Waals surface area contributed by atoms with E-state index in [1.54, 1.807) is 0 Å². The number of aliphatic carboxylic acids is 1. The van der Waals surface area contributed by atoms with Gasteiger partial charge < -0.3 is 14.6 Å². The molecule has 0 aliphatic carbocycles. The second-order valence-corrected chi connectivity index (χ2v) is 4.91. The standard InChI is InChI=1S/C18H14F2O5/c1-24-17-8-12(4-7-16(17)25-10-18(22)23)15(21)6-3-11-2-5-13(19)9-14(11)20/h2-9H,10H2,1H3,(H,22,23)/b6-3+. The molecule has 0 heterocycles. The number of ketones is 1. The molecule has 0 spiro atoms. The molecule has 2 aromatic rings. The molecule has 0 saturated carbocycles. The van der Waals surface area contributed by atoms with Crippen LogP contribution in [0.1, 0.15) is 15.9 Å². The minimum atomic E-state index is -1.15. The summed E-state index contributed by atoms with van der Waals surface area (Å²) in [6.07, 6.45) is 2.38. The van der Waals surface area contributed by atoms with Crippen LogP contribution in [0.4, 0.5) is 8.78 Å². The average Bonchev–Trinajstić information content (AvgIpc) is 2.58. The lowest BCUT2D eigenvalue weighted by atomic mass is 10.1. The molecule has 1 N–H and O–H groups in total. The molecule has 0 amide bonds. The highest BCUT2D eigenvalue weighted by atomic mass is 19.1. The molecule has 130 valence electrons. The molecule has 25 heavy (non-hydrogen) atoms. The van der Waals surface area contributed by atoms with Crippen LogP contribution in [0.5, 0.6) is 11.5 Å². The van der Waals surface area contributed by atoms with Crippen LogP contribution >= 0.6 is 0 Å². The number of allylic oxidation sites excluding steroid dienone is 1. The Balaban J connectivity index is 2.18. The van der Waals surface area contributed by atoms with Crippen LogP contribution in [-0.2, 0) is 4.79 Å². The predicted molar refractivity (Wildman–Crippen MR) is 85.8 cm³/mol. The Kier molecular flexibility index (Phi) is 5.84. The number of halogens is 2. The first kappa shape index (κ1) is 18.1. The zero-order valence-corrected chi connectivity index (χ0v) is 13.2. The molecular weight excluding hydrogens is 334 g/mol. The van der Waals surface area contributed by atoms with Gasteiger partial charge in [-0.25, -0.2) is 13.6 Å². The van der Waals surface area contributed by atoms with Gasteiger partial charge in [-0.2, -0.15) is 0 Å². The maximum Gasteiger partial charge on any atom is 0.341 e. The van der Waals surface area contributed by atoms with E-state index in [0.29, 0.717) is 0 Å². The highest BCUT2D eigenvalue weighted by Gasteiger charge is 2.11. The minimum absolute atomic E-state index is 0.0723. The SMILES string of the molecule is COc1cc(C(=O)/C=C/c2ccc(F)cc2F)ccc1OCC(=O)O. The van der Waals surface area contributed by atoms with Crippen molar-refractivity contribution in [1.82, 2.24) is 0 Å². The highest BCUT2D eigenvalue weighted by molar-refractivity contribution is 6.07. The number of carboxylic acids is 1. The number of carboxylic acid groups (broad SMARTS) is 1. The lowest BCUT2D eigenvalue weighted by molar-refractivity contribution is -0.139. The van der Waals surface area contributed by atoms with Gasteiger partial charge in [0.25, 0.3) is 0 Å². The van der Waals surface area contributed by atoms with Crippen LogP contribution in [0.15, 0.2) is 42.5 Å². The largest absolute Gasteiger partial charge is 0.493 e. The molecule has 0 unspecified atom stereocenters. The van der Waals surface area contributed by atoms with Crippen molar-refractivity contribution < 1.29 is 33.0 Å². The van der Waals surface area contributed by atoms with E-state index in [4.69, 9.17) is 14.6 Å². The zero-order valence-electron chi connectivity index (χ0n) is 13.2. The summed E-state index contributed by atoms with van der Waals surface area (Å²) < 4.78 is 36.5. The minimum Gasteiger partial charge on any atom is -0.493 e. The summed E-state index contributed by atoms with van der Waals surface area (Å²) in [6.45, 7) is -0.548. The van der Waals surface area contributed by atoms with Gasteiger partial charge in [-0.05, 0) is 42.5 Å². The van der Waals surface area contributed by atoms with Crippen molar-refractivity contribution in [2.24, 2.45) is 0 Å². The van der Waals surface area contributed by atoms with Crippen LogP contribution in [0.2, 0.25) is 0 Å². The summed E-state index contributed by atoms with van der Waals surface area (Å²) in [5.41, 5.74) is 0.307. The van der Waals surface area contributed by atoms with Crippen molar-refractivity contribution >= 4 is 17.8 Å². The van der Waals surface area contributed by atoms with E-state index in [1.165, 1.54) is 37.5 Å². The normalized spacial score (nSPS) is 10.7. The monoisotopic (exact) mass is 348 g/mol. The third-order valence-corrected chi connectivity index (χ3v) is 3.18. The molecule has 0 aliphatic rings. The third kappa shape index (κ3) is 4.87. The van der Waals surface area contributed by atoms with Crippen molar-refractivity contribution in [1.29, 1.82) is 0 Å². The van der Waals surface area contributed by atoms with E-state index < -0.39 is 30.0 Å². The highest BCUT2D eigenvalue weighted by Crippen LogP contribution is 2.28. The topological polar surface area (TPSA) is 72.8 Å². The average molecular weight is 348 g/mol. The molecule has 2 aromatic carbocycles. The Labute approximate surface area is 142 Å². The van der Waals surface area contributed by atoms with Gasteiger partial charge in [0, 0.05) is 17.2 Å². The predicted octanol–water partition coefficient (Wildman–Crippen LogP) is 3.33. The molecule has 0 saturated heterocycles. The van der Waals surface area contributed by atoms with Crippen molar-refractivity contribution in [2.45, 2.75) is 0 Å². The molecule has 0 radical (unpaired) electrons. The summed E-state index contributed by atoms with van der Waals surface area (Å²) in [4.78, 5) is 22.7. The van der Waals surface area contributed by atoms with Gasteiger partial charge in [0.2, 0.25) is 0 Å². The zero-order chi connectivity index (χ0) is 18.4. The molecule has 0 fully saturated rings.